The molecule has 0 bridgehead atoms. The standard InChI is InChI=1S/C12H14BrN3O4/c1-2-16(6-10(14)17)12(20)15-9-5-7(13)3-4-8(9)11(18)19/h3-5H,2,6H2,1H3,(H2,14,17)(H,15,20)(H,18,19). The Morgan fingerprint density at radius 1 is 1.40 bits per heavy atom. The van der Waals surface area contributed by atoms with Crippen molar-refractivity contribution in [2.45, 2.75) is 6.92 Å². The highest BCUT2D eigenvalue weighted by atomic mass is 79.9. The van der Waals surface area contributed by atoms with Crippen LogP contribution in [-0.4, -0.2) is 41.0 Å². The number of anilines is 1. The van der Waals surface area contributed by atoms with Gasteiger partial charge in [-0.25, -0.2) is 9.59 Å². The molecule has 108 valence electrons. The van der Waals surface area contributed by atoms with Crippen LogP contribution in [0.3, 0.4) is 0 Å². The van der Waals surface area contributed by atoms with E-state index in [1.54, 1.807) is 13.0 Å². The number of likely N-dealkylation sites (N-methyl/N-ethyl adjacent to an activating group) is 1. The Morgan fingerprint density at radius 2 is 2.05 bits per heavy atom. The average molecular weight is 344 g/mol. The van der Waals surface area contributed by atoms with Crippen molar-refractivity contribution in [3.63, 3.8) is 0 Å². The lowest BCUT2D eigenvalue weighted by Gasteiger charge is -2.20. The molecule has 0 spiro atoms. The fourth-order valence-corrected chi connectivity index (χ4v) is 1.88. The molecule has 1 rings (SSSR count). The number of rotatable bonds is 5. The molecule has 0 aliphatic carbocycles. The number of hydrogen-bond donors (Lipinski definition) is 3. The van der Waals surface area contributed by atoms with Crippen molar-refractivity contribution in [3.05, 3.63) is 28.2 Å². The van der Waals surface area contributed by atoms with Gasteiger partial charge in [0.05, 0.1) is 11.3 Å². The lowest BCUT2D eigenvalue weighted by Crippen LogP contribution is -2.41. The summed E-state index contributed by atoms with van der Waals surface area (Å²) in [5.74, 6) is -1.81. The Morgan fingerprint density at radius 3 is 2.55 bits per heavy atom. The average Bonchev–Trinajstić information content (AvgIpc) is 2.35. The smallest absolute Gasteiger partial charge is 0.337 e. The number of hydrogen-bond acceptors (Lipinski definition) is 3. The summed E-state index contributed by atoms with van der Waals surface area (Å²) in [7, 11) is 0. The van der Waals surface area contributed by atoms with Crippen LogP contribution in [0.2, 0.25) is 0 Å². The van der Waals surface area contributed by atoms with Gasteiger partial charge in [0.15, 0.2) is 0 Å². The molecule has 0 unspecified atom stereocenters. The quantitative estimate of drug-likeness (QED) is 0.751. The fourth-order valence-electron chi connectivity index (χ4n) is 1.52. The third-order valence-electron chi connectivity index (χ3n) is 2.47. The molecule has 1 aromatic carbocycles. The van der Waals surface area contributed by atoms with E-state index in [9.17, 15) is 14.4 Å². The Bertz CT molecular complexity index is 548. The van der Waals surface area contributed by atoms with E-state index < -0.39 is 17.9 Å². The van der Waals surface area contributed by atoms with Crippen LogP contribution in [0.5, 0.6) is 0 Å². The van der Waals surface area contributed by atoms with Gasteiger partial charge in [0, 0.05) is 11.0 Å². The largest absolute Gasteiger partial charge is 0.478 e. The van der Waals surface area contributed by atoms with Crippen molar-refractivity contribution in [3.8, 4) is 0 Å². The molecule has 0 radical (unpaired) electrons. The molecule has 0 saturated heterocycles. The molecule has 0 fully saturated rings. The zero-order valence-electron chi connectivity index (χ0n) is 10.7. The van der Waals surface area contributed by atoms with Crippen LogP contribution < -0.4 is 11.1 Å². The normalized spacial score (nSPS) is 9.90. The van der Waals surface area contributed by atoms with Crippen LogP contribution in [0.25, 0.3) is 0 Å². The van der Waals surface area contributed by atoms with Crippen molar-refractivity contribution >= 4 is 39.5 Å². The molecule has 1 aromatic rings. The molecule has 0 atom stereocenters. The lowest BCUT2D eigenvalue weighted by atomic mass is 10.2. The molecular formula is C12H14BrN3O4. The second kappa shape index (κ2) is 6.90. The van der Waals surface area contributed by atoms with E-state index in [0.29, 0.717) is 4.47 Å². The van der Waals surface area contributed by atoms with Gasteiger partial charge in [-0.05, 0) is 25.1 Å². The number of nitrogens with zero attached hydrogens (tertiary/aromatic N) is 1. The highest BCUT2D eigenvalue weighted by Gasteiger charge is 2.17. The second-order valence-electron chi connectivity index (χ2n) is 3.91. The summed E-state index contributed by atoms with van der Waals surface area (Å²) in [6.45, 7) is 1.71. The Hall–Kier alpha value is -2.09. The van der Waals surface area contributed by atoms with Gasteiger partial charge in [0.1, 0.15) is 6.54 Å². The molecule has 8 heteroatoms. The summed E-state index contributed by atoms with van der Waals surface area (Å²) in [6.07, 6.45) is 0. The number of carbonyl (C=O) groups is 3. The van der Waals surface area contributed by atoms with Gasteiger partial charge in [0.2, 0.25) is 5.91 Å². The number of carbonyl (C=O) groups excluding carboxylic acids is 2. The number of amides is 3. The molecule has 0 aliphatic rings. The SMILES string of the molecule is CCN(CC(N)=O)C(=O)Nc1cc(Br)ccc1C(=O)O. The Kier molecular flexibility index (Phi) is 5.51. The predicted octanol–water partition coefficient (Wildman–Crippen LogP) is 1.49. The molecule has 0 saturated carbocycles. The molecule has 20 heavy (non-hydrogen) atoms. The lowest BCUT2D eigenvalue weighted by molar-refractivity contribution is -0.118. The molecular weight excluding hydrogens is 330 g/mol. The summed E-state index contributed by atoms with van der Waals surface area (Å²) in [4.78, 5) is 35.1. The monoisotopic (exact) mass is 343 g/mol. The minimum atomic E-state index is -1.16. The molecule has 4 N–H and O–H groups in total. The summed E-state index contributed by atoms with van der Waals surface area (Å²) in [5, 5.41) is 11.5. The third kappa shape index (κ3) is 4.23. The Labute approximate surface area is 123 Å². The topological polar surface area (TPSA) is 113 Å². The van der Waals surface area contributed by atoms with Crippen molar-refractivity contribution in [1.82, 2.24) is 4.90 Å². The zero-order chi connectivity index (χ0) is 15.3. The number of benzene rings is 1. The van der Waals surface area contributed by atoms with Crippen LogP contribution in [0, 0.1) is 0 Å². The number of urea groups is 1. The van der Waals surface area contributed by atoms with Crippen LogP contribution in [-0.2, 0) is 4.79 Å². The molecule has 3 amide bonds. The van der Waals surface area contributed by atoms with E-state index >= 15 is 0 Å². The maximum atomic E-state index is 12.0. The molecule has 0 aliphatic heterocycles. The number of aromatic carboxylic acids is 1. The first-order valence-corrected chi connectivity index (χ1v) is 6.51. The van der Waals surface area contributed by atoms with Crippen LogP contribution in [0.4, 0.5) is 10.5 Å². The summed E-state index contributed by atoms with van der Waals surface area (Å²) >= 11 is 3.20. The summed E-state index contributed by atoms with van der Waals surface area (Å²) in [6, 6.07) is 3.80. The molecule has 0 aromatic heterocycles. The number of nitrogens with two attached hydrogens (primary N) is 1. The zero-order valence-corrected chi connectivity index (χ0v) is 12.3. The number of nitrogens with one attached hydrogen (secondary N) is 1. The molecule has 7 nitrogen and oxygen atoms in total. The van der Waals surface area contributed by atoms with E-state index in [2.05, 4.69) is 21.2 Å². The van der Waals surface area contributed by atoms with Crippen molar-refractivity contribution in [2.75, 3.05) is 18.4 Å². The van der Waals surface area contributed by atoms with Gasteiger partial charge in [-0.2, -0.15) is 0 Å². The van der Waals surface area contributed by atoms with Gasteiger partial charge < -0.3 is 21.1 Å². The Balaban J connectivity index is 2.96. The maximum absolute atomic E-state index is 12.0. The van der Waals surface area contributed by atoms with Crippen LogP contribution in [0.15, 0.2) is 22.7 Å². The van der Waals surface area contributed by atoms with Crippen molar-refractivity contribution in [1.29, 1.82) is 0 Å². The van der Waals surface area contributed by atoms with Gasteiger partial charge in [0.25, 0.3) is 0 Å². The highest BCUT2D eigenvalue weighted by molar-refractivity contribution is 9.10. The van der Waals surface area contributed by atoms with Crippen molar-refractivity contribution < 1.29 is 19.5 Å². The van der Waals surface area contributed by atoms with Gasteiger partial charge in [-0.15, -0.1) is 0 Å². The fraction of sp³-hybridized carbons (Fsp3) is 0.250. The number of halogens is 1. The third-order valence-corrected chi connectivity index (χ3v) is 2.96. The summed E-state index contributed by atoms with van der Waals surface area (Å²) in [5.41, 5.74) is 5.13. The number of carboxylic acid groups (broad SMARTS) is 1. The predicted molar refractivity (Wildman–Crippen MR) is 76.6 cm³/mol. The van der Waals surface area contributed by atoms with Gasteiger partial charge in [-0.3, -0.25) is 4.79 Å². The van der Waals surface area contributed by atoms with Gasteiger partial charge >= 0.3 is 12.0 Å². The first-order valence-electron chi connectivity index (χ1n) is 5.72. The van der Waals surface area contributed by atoms with E-state index in [1.165, 1.54) is 17.0 Å². The van der Waals surface area contributed by atoms with Crippen LogP contribution >= 0.6 is 15.9 Å². The minimum Gasteiger partial charge on any atom is -0.478 e. The van der Waals surface area contributed by atoms with E-state index in [0.717, 1.165) is 0 Å². The second-order valence-corrected chi connectivity index (χ2v) is 4.82. The maximum Gasteiger partial charge on any atom is 0.337 e. The first kappa shape index (κ1) is 16.0. The number of carboxylic acids is 1. The first-order chi connectivity index (χ1) is 9.35. The highest BCUT2D eigenvalue weighted by Crippen LogP contribution is 2.22. The van der Waals surface area contributed by atoms with E-state index in [-0.39, 0.29) is 24.3 Å². The van der Waals surface area contributed by atoms with Gasteiger partial charge in [-0.1, -0.05) is 15.9 Å². The molecule has 0 heterocycles. The van der Waals surface area contributed by atoms with Crippen LogP contribution in [0.1, 0.15) is 17.3 Å². The van der Waals surface area contributed by atoms with E-state index in [4.69, 9.17) is 10.8 Å². The van der Waals surface area contributed by atoms with E-state index in [1.807, 2.05) is 0 Å². The number of primary amides is 1. The summed E-state index contributed by atoms with van der Waals surface area (Å²) < 4.78 is 0.621. The minimum absolute atomic E-state index is 0.0447. The van der Waals surface area contributed by atoms with Crippen molar-refractivity contribution in [2.24, 2.45) is 5.73 Å².